The molecule has 3 rings (SSSR count). The summed E-state index contributed by atoms with van der Waals surface area (Å²) in [6.07, 6.45) is 4.68. The van der Waals surface area contributed by atoms with Crippen LogP contribution in [0.3, 0.4) is 0 Å². The molecule has 0 radical (unpaired) electrons. The van der Waals surface area contributed by atoms with Crippen molar-refractivity contribution in [3.05, 3.63) is 48.0 Å². The summed E-state index contributed by atoms with van der Waals surface area (Å²) in [7, 11) is 0. The molecule has 0 saturated heterocycles. The van der Waals surface area contributed by atoms with Gasteiger partial charge >= 0.3 is 0 Å². The number of aliphatic hydroxyl groups is 1. The van der Waals surface area contributed by atoms with Crippen molar-refractivity contribution in [2.45, 2.75) is 65.5 Å². The van der Waals surface area contributed by atoms with Gasteiger partial charge in [-0.2, -0.15) is 5.10 Å². The van der Waals surface area contributed by atoms with Gasteiger partial charge in [0.25, 0.3) is 0 Å². The largest absolute Gasteiger partial charge is 0.390 e. The topological polar surface area (TPSA) is 66.7 Å². The fraction of sp³-hybridized carbons (Fsp3) is 0.455. The highest BCUT2D eigenvalue weighted by atomic mass is 16.3. The summed E-state index contributed by atoms with van der Waals surface area (Å²) in [5.41, 5.74) is 5.74. The molecular weight excluding hydrogens is 336 g/mol. The lowest BCUT2D eigenvalue weighted by atomic mass is 9.99. The molecule has 5 heteroatoms. The molecule has 0 aliphatic carbocycles. The van der Waals surface area contributed by atoms with Gasteiger partial charge in [0.15, 0.2) is 0 Å². The van der Waals surface area contributed by atoms with E-state index in [1.165, 1.54) is 0 Å². The number of imidazole rings is 1. The van der Waals surface area contributed by atoms with Gasteiger partial charge in [-0.3, -0.25) is 5.10 Å². The Morgan fingerprint density at radius 3 is 2.48 bits per heavy atom. The highest BCUT2D eigenvalue weighted by Crippen LogP contribution is 2.37. The van der Waals surface area contributed by atoms with Crippen molar-refractivity contribution in [3.8, 4) is 22.5 Å². The number of hydrogen-bond donors (Lipinski definition) is 2. The van der Waals surface area contributed by atoms with Gasteiger partial charge in [0.1, 0.15) is 0 Å². The Hall–Kier alpha value is -2.40. The van der Waals surface area contributed by atoms with Gasteiger partial charge in [-0.15, -0.1) is 0 Å². The molecule has 1 aromatic carbocycles. The Balaban J connectivity index is 2.01. The van der Waals surface area contributed by atoms with Crippen molar-refractivity contribution < 1.29 is 5.11 Å². The molecule has 0 amide bonds. The zero-order valence-corrected chi connectivity index (χ0v) is 17.0. The molecule has 5 nitrogen and oxygen atoms in total. The number of aryl methyl sites for hydroxylation is 2. The van der Waals surface area contributed by atoms with Crippen LogP contribution >= 0.6 is 0 Å². The van der Waals surface area contributed by atoms with Gasteiger partial charge < -0.3 is 9.67 Å². The number of rotatable bonds is 7. The summed E-state index contributed by atoms with van der Waals surface area (Å²) in [6, 6.07) is 10.6. The predicted octanol–water partition coefficient (Wildman–Crippen LogP) is 5.06. The van der Waals surface area contributed by atoms with E-state index in [0.29, 0.717) is 0 Å². The zero-order chi connectivity index (χ0) is 19.6. The van der Waals surface area contributed by atoms with Gasteiger partial charge in [-0.1, -0.05) is 30.3 Å². The molecule has 3 aromatic rings. The van der Waals surface area contributed by atoms with E-state index in [1.54, 1.807) is 0 Å². The van der Waals surface area contributed by atoms with E-state index in [0.717, 1.165) is 53.2 Å². The minimum Gasteiger partial charge on any atom is -0.390 e. The van der Waals surface area contributed by atoms with Crippen molar-refractivity contribution in [1.29, 1.82) is 0 Å². The Labute approximate surface area is 161 Å². The Morgan fingerprint density at radius 2 is 1.89 bits per heavy atom. The van der Waals surface area contributed by atoms with Crippen molar-refractivity contribution in [1.82, 2.24) is 19.7 Å². The van der Waals surface area contributed by atoms with E-state index in [-0.39, 0.29) is 6.04 Å². The van der Waals surface area contributed by atoms with Crippen LogP contribution in [0.4, 0.5) is 0 Å². The lowest BCUT2D eigenvalue weighted by Crippen LogP contribution is -2.18. The second kappa shape index (κ2) is 7.69. The standard InChI is InChI=1S/C22H30N4O/c1-15(10-9-13-22(4,5)27)26-14-23-20(18-11-7-6-8-12-18)21(26)19-16(2)24-25-17(19)3/h6-8,11-12,14-15,27H,9-10,13H2,1-5H3,(H,24,25)/t15-/m0/s1. The monoisotopic (exact) mass is 366 g/mol. The first-order valence-electron chi connectivity index (χ1n) is 9.64. The molecule has 2 heterocycles. The van der Waals surface area contributed by atoms with Crippen molar-refractivity contribution in [2.75, 3.05) is 0 Å². The minimum atomic E-state index is -0.621. The van der Waals surface area contributed by atoms with Crippen LogP contribution in [0.15, 0.2) is 36.7 Å². The molecule has 0 saturated carbocycles. The van der Waals surface area contributed by atoms with Gasteiger partial charge in [0.2, 0.25) is 0 Å². The average molecular weight is 367 g/mol. The third-order valence-electron chi connectivity index (χ3n) is 5.09. The molecule has 2 N–H and O–H groups in total. The zero-order valence-electron chi connectivity index (χ0n) is 17.0. The van der Waals surface area contributed by atoms with E-state index < -0.39 is 5.60 Å². The first kappa shape index (κ1) is 19.4. The van der Waals surface area contributed by atoms with E-state index in [1.807, 2.05) is 45.3 Å². The highest BCUT2D eigenvalue weighted by Gasteiger charge is 2.23. The van der Waals surface area contributed by atoms with Gasteiger partial charge in [0.05, 0.1) is 29.0 Å². The van der Waals surface area contributed by atoms with Crippen molar-refractivity contribution in [3.63, 3.8) is 0 Å². The number of H-pyrrole nitrogens is 1. The van der Waals surface area contributed by atoms with Crippen molar-refractivity contribution in [2.24, 2.45) is 0 Å². The molecule has 0 bridgehead atoms. The average Bonchev–Trinajstić information content (AvgIpc) is 3.17. The fourth-order valence-electron chi connectivity index (χ4n) is 3.62. The van der Waals surface area contributed by atoms with Gasteiger partial charge in [-0.25, -0.2) is 4.98 Å². The van der Waals surface area contributed by atoms with Crippen LogP contribution in [0.5, 0.6) is 0 Å². The third-order valence-corrected chi connectivity index (χ3v) is 5.09. The second-order valence-electron chi connectivity index (χ2n) is 8.08. The summed E-state index contributed by atoms with van der Waals surface area (Å²) in [5.74, 6) is 0. The summed E-state index contributed by atoms with van der Waals surface area (Å²) in [5, 5.41) is 17.5. The molecule has 27 heavy (non-hydrogen) atoms. The smallest absolute Gasteiger partial charge is 0.0964 e. The third kappa shape index (κ3) is 4.30. The molecule has 0 aliphatic rings. The SMILES string of the molecule is Cc1n[nH]c(C)c1-c1c(-c2ccccc2)ncn1[C@@H](C)CCCC(C)(C)O. The predicted molar refractivity (Wildman–Crippen MR) is 110 cm³/mol. The number of benzene rings is 1. The molecule has 0 spiro atoms. The molecular formula is C22H30N4O. The first-order valence-corrected chi connectivity index (χ1v) is 9.64. The fourth-order valence-corrected chi connectivity index (χ4v) is 3.62. The second-order valence-corrected chi connectivity index (χ2v) is 8.08. The van der Waals surface area contributed by atoms with E-state index in [2.05, 4.69) is 40.7 Å². The van der Waals surface area contributed by atoms with Gasteiger partial charge in [-0.05, 0) is 53.9 Å². The maximum absolute atomic E-state index is 10.00. The number of aromatic amines is 1. The van der Waals surface area contributed by atoms with Crippen LogP contribution in [0.1, 0.15) is 57.5 Å². The molecule has 0 unspecified atom stereocenters. The maximum atomic E-state index is 10.00. The summed E-state index contributed by atoms with van der Waals surface area (Å²) in [6.45, 7) is 10.0. The number of nitrogens with zero attached hydrogens (tertiary/aromatic N) is 3. The molecule has 0 aliphatic heterocycles. The first-order chi connectivity index (χ1) is 12.8. The molecule has 0 fully saturated rings. The van der Waals surface area contributed by atoms with Crippen LogP contribution in [-0.2, 0) is 0 Å². The van der Waals surface area contributed by atoms with E-state index in [4.69, 9.17) is 4.98 Å². The normalized spacial score (nSPS) is 13.1. The number of nitrogens with one attached hydrogen (secondary N) is 1. The van der Waals surface area contributed by atoms with Gasteiger partial charge in [0, 0.05) is 22.9 Å². The van der Waals surface area contributed by atoms with Crippen LogP contribution < -0.4 is 0 Å². The summed E-state index contributed by atoms with van der Waals surface area (Å²) in [4.78, 5) is 4.77. The number of hydrogen-bond acceptors (Lipinski definition) is 3. The Morgan fingerprint density at radius 1 is 1.19 bits per heavy atom. The molecule has 1 atom stereocenters. The minimum absolute atomic E-state index is 0.279. The summed E-state index contributed by atoms with van der Waals surface area (Å²) >= 11 is 0. The van der Waals surface area contributed by atoms with Crippen molar-refractivity contribution >= 4 is 0 Å². The van der Waals surface area contributed by atoms with E-state index >= 15 is 0 Å². The van der Waals surface area contributed by atoms with Crippen LogP contribution in [0, 0.1) is 13.8 Å². The Kier molecular flexibility index (Phi) is 5.51. The molecule has 144 valence electrons. The van der Waals surface area contributed by atoms with Crippen LogP contribution in [0.25, 0.3) is 22.5 Å². The lowest BCUT2D eigenvalue weighted by molar-refractivity contribution is 0.0672. The lowest BCUT2D eigenvalue weighted by Gasteiger charge is -2.21. The summed E-state index contributed by atoms with van der Waals surface area (Å²) < 4.78 is 2.26. The maximum Gasteiger partial charge on any atom is 0.0964 e. The molecule has 2 aromatic heterocycles. The quantitative estimate of drug-likeness (QED) is 0.614. The number of aromatic nitrogens is 4. The highest BCUT2D eigenvalue weighted by molar-refractivity contribution is 5.81. The Bertz CT molecular complexity index is 867. The van der Waals surface area contributed by atoms with Crippen LogP contribution in [-0.4, -0.2) is 30.5 Å². The van der Waals surface area contributed by atoms with E-state index in [9.17, 15) is 5.11 Å². The van der Waals surface area contributed by atoms with Crippen LogP contribution in [0.2, 0.25) is 0 Å².